The number of hydrogen-bond donors (Lipinski definition) is 1. The third-order valence-corrected chi connectivity index (χ3v) is 4.26. The Hall–Kier alpha value is -1.36. The Bertz CT molecular complexity index is 428. The normalized spacial score (nSPS) is 27.9. The van der Waals surface area contributed by atoms with Crippen LogP contribution >= 0.6 is 0 Å². The van der Waals surface area contributed by atoms with Gasteiger partial charge in [0.1, 0.15) is 0 Å². The molecular weight excluding hydrogens is 228 g/mol. The summed E-state index contributed by atoms with van der Waals surface area (Å²) in [6.07, 6.45) is 5.72. The van der Waals surface area contributed by atoms with E-state index in [4.69, 9.17) is 0 Å². The van der Waals surface area contributed by atoms with Crippen LogP contribution in [0, 0.1) is 11.8 Å². The van der Waals surface area contributed by atoms with E-state index in [1.165, 1.54) is 0 Å². The zero-order valence-corrected chi connectivity index (χ0v) is 10.8. The van der Waals surface area contributed by atoms with Gasteiger partial charge >= 0.3 is 0 Å². The van der Waals surface area contributed by atoms with Gasteiger partial charge in [-0.3, -0.25) is 9.48 Å². The first-order chi connectivity index (χ1) is 8.74. The van der Waals surface area contributed by atoms with Crippen LogP contribution in [0.4, 0.5) is 0 Å². The van der Waals surface area contributed by atoms with Gasteiger partial charge in [-0.25, -0.2) is 0 Å². The molecule has 1 N–H and O–H groups in total. The van der Waals surface area contributed by atoms with Crippen molar-refractivity contribution >= 4 is 5.91 Å². The molecule has 0 spiro atoms. The number of carbonyl (C=O) groups is 1. The number of aromatic nitrogens is 2. The van der Waals surface area contributed by atoms with Gasteiger partial charge in [0.2, 0.25) is 0 Å². The van der Waals surface area contributed by atoms with Crippen LogP contribution in [0.15, 0.2) is 12.4 Å². The van der Waals surface area contributed by atoms with Gasteiger partial charge in [-0.15, -0.1) is 0 Å². The molecule has 2 aliphatic rings. The number of fused-ring (bicyclic) bond motifs is 1. The maximum absolute atomic E-state index is 12.3. The highest BCUT2D eigenvalue weighted by atomic mass is 16.2. The maximum Gasteiger partial charge on any atom is 0.257 e. The van der Waals surface area contributed by atoms with Crippen molar-refractivity contribution in [2.75, 3.05) is 26.2 Å². The number of rotatable bonds is 1. The van der Waals surface area contributed by atoms with Gasteiger partial charge in [0.05, 0.1) is 11.8 Å². The smallest absolute Gasteiger partial charge is 0.257 e. The number of likely N-dealkylation sites (tertiary alicyclic amines) is 1. The predicted molar refractivity (Wildman–Crippen MR) is 68.2 cm³/mol. The van der Waals surface area contributed by atoms with Crippen molar-refractivity contribution in [1.29, 1.82) is 0 Å². The molecule has 2 fully saturated rings. The first-order valence-corrected chi connectivity index (χ1v) is 6.72. The van der Waals surface area contributed by atoms with E-state index in [0.29, 0.717) is 5.56 Å². The molecule has 5 heteroatoms. The number of aryl methyl sites for hydroxylation is 1. The Labute approximate surface area is 107 Å². The lowest BCUT2D eigenvalue weighted by molar-refractivity contribution is 0.0758. The highest BCUT2D eigenvalue weighted by Gasteiger charge is 2.31. The maximum atomic E-state index is 12.3. The molecule has 0 aromatic carbocycles. The van der Waals surface area contributed by atoms with Gasteiger partial charge in [0.15, 0.2) is 0 Å². The molecule has 3 heterocycles. The van der Waals surface area contributed by atoms with Gasteiger partial charge in [0.25, 0.3) is 5.91 Å². The van der Waals surface area contributed by atoms with Crippen LogP contribution in [-0.2, 0) is 7.05 Å². The Morgan fingerprint density at radius 3 is 2.56 bits per heavy atom. The Balaban J connectivity index is 1.68. The highest BCUT2D eigenvalue weighted by molar-refractivity contribution is 5.93. The fourth-order valence-electron chi connectivity index (χ4n) is 3.14. The van der Waals surface area contributed by atoms with E-state index in [-0.39, 0.29) is 5.91 Å². The van der Waals surface area contributed by atoms with Gasteiger partial charge in [-0.1, -0.05) is 0 Å². The Morgan fingerprint density at radius 2 is 2.00 bits per heavy atom. The summed E-state index contributed by atoms with van der Waals surface area (Å²) in [5.74, 6) is 1.66. The molecule has 2 aliphatic heterocycles. The summed E-state index contributed by atoms with van der Waals surface area (Å²) in [5.41, 5.74) is 0.711. The Morgan fingerprint density at radius 1 is 1.33 bits per heavy atom. The number of nitrogens with one attached hydrogen (secondary N) is 1. The van der Waals surface area contributed by atoms with E-state index in [2.05, 4.69) is 10.4 Å². The van der Waals surface area contributed by atoms with Crippen LogP contribution in [0.25, 0.3) is 0 Å². The molecule has 2 saturated heterocycles. The summed E-state index contributed by atoms with van der Waals surface area (Å²) in [6, 6.07) is 0. The van der Waals surface area contributed by atoms with Crippen molar-refractivity contribution < 1.29 is 4.79 Å². The van der Waals surface area contributed by atoms with Crippen LogP contribution in [0.5, 0.6) is 0 Å². The zero-order chi connectivity index (χ0) is 12.5. The van der Waals surface area contributed by atoms with Crippen molar-refractivity contribution in [3.8, 4) is 0 Å². The second kappa shape index (κ2) is 4.72. The summed E-state index contributed by atoms with van der Waals surface area (Å²) >= 11 is 0. The molecule has 0 saturated carbocycles. The minimum absolute atomic E-state index is 0.135. The molecule has 0 bridgehead atoms. The summed E-state index contributed by atoms with van der Waals surface area (Å²) in [7, 11) is 1.84. The molecule has 0 radical (unpaired) electrons. The average molecular weight is 248 g/mol. The van der Waals surface area contributed by atoms with E-state index in [0.717, 1.165) is 50.9 Å². The standard InChI is InChI=1S/C13H20N4O/c1-16-9-12(8-15-16)13(18)17-4-2-10-6-14-7-11(10)3-5-17/h8-11,14H,2-7H2,1H3/t10-,11+. The predicted octanol–water partition coefficient (Wildman–Crippen LogP) is 0.492. The monoisotopic (exact) mass is 248 g/mol. The van der Waals surface area contributed by atoms with Crippen molar-refractivity contribution in [2.45, 2.75) is 12.8 Å². The van der Waals surface area contributed by atoms with Crippen molar-refractivity contribution in [1.82, 2.24) is 20.0 Å². The van der Waals surface area contributed by atoms with Crippen molar-refractivity contribution in [2.24, 2.45) is 18.9 Å². The lowest BCUT2D eigenvalue weighted by atomic mass is 9.92. The number of hydrogen-bond acceptors (Lipinski definition) is 3. The molecule has 5 nitrogen and oxygen atoms in total. The van der Waals surface area contributed by atoms with Gasteiger partial charge in [-0.05, 0) is 37.8 Å². The third-order valence-electron chi connectivity index (χ3n) is 4.26. The van der Waals surface area contributed by atoms with Crippen LogP contribution in [-0.4, -0.2) is 46.8 Å². The lowest BCUT2D eigenvalue weighted by Gasteiger charge is -2.20. The summed E-state index contributed by atoms with van der Waals surface area (Å²) in [5, 5.41) is 7.53. The molecular formula is C13H20N4O. The molecule has 1 aromatic heterocycles. The second-order valence-corrected chi connectivity index (χ2v) is 5.45. The van der Waals surface area contributed by atoms with Crippen molar-refractivity contribution in [3.05, 3.63) is 18.0 Å². The Kier molecular flexibility index (Phi) is 3.07. The summed E-state index contributed by atoms with van der Waals surface area (Å²) in [4.78, 5) is 14.3. The third kappa shape index (κ3) is 2.14. The van der Waals surface area contributed by atoms with E-state index in [9.17, 15) is 4.79 Å². The number of amides is 1. The molecule has 0 unspecified atom stereocenters. The van der Waals surface area contributed by atoms with E-state index >= 15 is 0 Å². The van der Waals surface area contributed by atoms with E-state index in [1.54, 1.807) is 17.1 Å². The van der Waals surface area contributed by atoms with Crippen LogP contribution < -0.4 is 5.32 Å². The minimum atomic E-state index is 0.135. The van der Waals surface area contributed by atoms with Crippen LogP contribution in [0.1, 0.15) is 23.2 Å². The fraction of sp³-hybridized carbons (Fsp3) is 0.692. The molecule has 0 aliphatic carbocycles. The number of nitrogens with zero attached hydrogens (tertiary/aromatic N) is 3. The molecule has 1 aromatic rings. The fourth-order valence-corrected chi connectivity index (χ4v) is 3.14. The van der Waals surface area contributed by atoms with Crippen LogP contribution in [0.2, 0.25) is 0 Å². The molecule has 98 valence electrons. The van der Waals surface area contributed by atoms with E-state index < -0.39 is 0 Å². The largest absolute Gasteiger partial charge is 0.339 e. The van der Waals surface area contributed by atoms with Crippen molar-refractivity contribution in [3.63, 3.8) is 0 Å². The highest BCUT2D eigenvalue weighted by Crippen LogP contribution is 2.27. The minimum Gasteiger partial charge on any atom is -0.339 e. The van der Waals surface area contributed by atoms with Crippen LogP contribution in [0.3, 0.4) is 0 Å². The first-order valence-electron chi connectivity index (χ1n) is 6.72. The second-order valence-electron chi connectivity index (χ2n) is 5.45. The average Bonchev–Trinajstić information content (AvgIpc) is 2.94. The first kappa shape index (κ1) is 11.7. The summed E-state index contributed by atoms with van der Waals surface area (Å²) < 4.78 is 1.68. The topological polar surface area (TPSA) is 50.2 Å². The number of carbonyl (C=O) groups excluding carboxylic acids is 1. The van der Waals surface area contributed by atoms with E-state index in [1.807, 2.05) is 11.9 Å². The lowest BCUT2D eigenvalue weighted by Crippen LogP contribution is -2.32. The zero-order valence-electron chi connectivity index (χ0n) is 10.8. The summed E-state index contributed by atoms with van der Waals surface area (Å²) in [6.45, 7) is 4.02. The SMILES string of the molecule is Cn1cc(C(=O)N2CC[C@@H]3CNC[C@@H]3CC2)cn1. The quantitative estimate of drug-likeness (QED) is 0.787. The van der Waals surface area contributed by atoms with Gasteiger partial charge < -0.3 is 10.2 Å². The molecule has 18 heavy (non-hydrogen) atoms. The molecule has 2 atom stereocenters. The van der Waals surface area contributed by atoms with Gasteiger partial charge in [0, 0.05) is 26.3 Å². The molecule has 1 amide bonds. The van der Waals surface area contributed by atoms with Gasteiger partial charge in [-0.2, -0.15) is 5.10 Å². The molecule has 3 rings (SSSR count).